The van der Waals surface area contributed by atoms with Crippen molar-refractivity contribution < 1.29 is 9.63 Å². The van der Waals surface area contributed by atoms with Crippen molar-refractivity contribution in [2.24, 2.45) is 0 Å². The number of aliphatic hydroxyl groups is 1. The molecule has 2 aliphatic carbocycles. The van der Waals surface area contributed by atoms with Crippen LogP contribution in [0.1, 0.15) is 105 Å². The SMILES string of the molecule is CC(Nc1nc(-c2noc3c2CCCC32CCCc3sc(N)c(C#N)c32)nc(N2CCCCC(C)(O)C2)c1C=N)C1CCCN1C. The predicted octanol–water partition coefficient (Wildman–Crippen LogP) is 5.24. The van der Waals surface area contributed by atoms with Gasteiger partial charge in [-0.1, -0.05) is 5.16 Å². The van der Waals surface area contributed by atoms with E-state index in [2.05, 4.69) is 40.3 Å². The van der Waals surface area contributed by atoms with Gasteiger partial charge in [-0.25, -0.2) is 9.97 Å². The highest BCUT2D eigenvalue weighted by molar-refractivity contribution is 7.16. The first-order valence-corrected chi connectivity index (χ1v) is 17.6. The smallest absolute Gasteiger partial charge is 0.186 e. The lowest BCUT2D eigenvalue weighted by Crippen LogP contribution is -2.41. The van der Waals surface area contributed by atoms with E-state index >= 15 is 0 Å². The molecule has 244 valence electrons. The number of fused-ring (bicyclic) bond motifs is 4. The Morgan fingerprint density at radius 3 is 2.72 bits per heavy atom. The fourth-order valence-electron chi connectivity index (χ4n) is 8.70. The van der Waals surface area contributed by atoms with E-state index in [-0.39, 0.29) is 6.04 Å². The highest BCUT2D eigenvalue weighted by Gasteiger charge is 2.49. The van der Waals surface area contributed by atoms with Crippen LogP contribution in [0.2, 0.25) is 0 Å². The minimum absolute atomic E-state index is 0.0950. The van der Waals surface area contributed by atoms with Crippen LogP contribution < -0.4 is 16.0 Å². The first-order chi connectivity index (χ1) is 22.2. The molecule has 4 unspecified atom stereocenters. The first kappa shape index (κ1) is 31.1. The number of rotatable bonds is 6. The summed E-state index contributed by atoms with van der Waals surface area (Å²) in [5, 5.41) is 38.8. The summed E-state index contributed by atoms with van der Waals surface area (Å²) in [5.41, 5.74) is 8.93. The molecular weight excluding hydrogens is 599 g/mol. The van der Waals surface area contributed by atoms with Gasteiger partial charge in [-0.15, -0.1) is 11.3 Å². The van der Waals surface area contributed by atoms with Crippen molar-refractivity contribution in [1.82, 2.24) is 20.0 Å². The number of nitrogen functional groups attached to an aromatic ring is 1. The molecule has 4 aliphatic rings. The van der Waals surface area contributed by atoms with Crippen LogP contribution in [-0.2, 0) is 18.3 Å². The van der Waals surface area contributed by atoms with Crippen LogP contribution >= 0.6 is 11.3 Å². The number of nitriles is 1. The summed E-state index contributed by atoms with van der Waals surface area (Å²) in [6.07, 6.45) is 11.6. The lowest BCUT2D eigenvalue weighted by molar-refractivity contribution is 0.0611. The Morgan fingerprint density at radius 1 is 1.17 bits per heavy atom. The van der Waals surface area contributed by atoms with Crippen LogP contribution in [0.4, 0.5) is 16.6 Å². The third-order valence-electron chi connectivity index (χ3n) is 10.9. The van der Waals surface area contributed by atoms with Crippen molar-refractivity contribution in [2.45, 2.75) is 108 Å². The third kappa shape index (κ3) is 5.17. The summed E-state index contributed by atoms with van der Waals surface area (Å²) in [5.74, 6) is 2.52. The van der Waals surface area contributed by atoms with Crippen LogP contribution in [0.3, 0.4) is 0 Å². The van der Waals surface area contributed by atoms with E-state index in [1.165, 1.54) is 22.4 Å². The van der Waals surface area contributed by atoms with Gasteiger partial charge < -0.3 is 35.9 Å². The van der Waals surface area contributed by atoms with Crippen LogP contribution in [-0.4, -0.2) is 75.7 Å². The van der Waals surface area contributed by atoms with E-state index in [0.717, 1.165) is 101 Å². The molecule has 4 atom stereocenters. The quantitative estimate of drug-likeness (QED) is 0.261. The van der Waals surface area contributed by atoms with E-state index in [0.29, 0.717) is 51.9 Å². The monoisotopic (exact) mass is 643 g/mol. The second kappa shape index (κ2) is 11.9. The molecule has 3 aromatic rings. The summed E-state index contributed by atoms with van der Waals surface area (Å²) in [6, 6.07) is 2.85. The number of anilines is 3. The molecule has 5 heterocycles. The molecular formula is C34H45N9O2S. The molecule has 2 fully saturated rings. The molecule has 0 bridgehead atoms. The number of likely N-dealkylation sites (tertiary alicyclic amines) is 1. The standard InChI is InChI=1S/C34H45N9O2S/c1-20(24-10-8-15-42(24)3)38-30-23(18-36)32(43-16-5-4-12-33(2,44)19-43)40-31(39-30)27-21-9-6-13-34(28(21)45-41-27)14-7-11-25-26(34)22(17-35)29(37)46-25/h18,20,24,36,44H,4-16,19,37H2,1-3H3,(H,38,39,40). The molecule has 2 aliphatic heterocycles. The van der Waals surface area contributed by atoms with Gasteiger partial charge in [-0.2, -0.15) is 5.26 Å². The van der Waals surface area contributed by atoms with E-state index in [9.17, 15) is 10.4 Å². The molecule has 11 nitrogen and oxygen atoms in total. The zero-order chi connectivity index (χ0) is 32.2. The molecule has 12 heteroatoms. The second-order valence-electron chi connectivity index (χ2n) is 14.2. The molecule has 0 radical (unpaired) electrons. The van der Waals surface area contributed by atoms with Gasteiger partial charge in [0.05, 0.1) is 22.1 Å². The van der Waals surface area contributed by atoms with Crippen molar-refractivity contribution in [2.75, 3.05) is 42.6 Å². The molecule has 0 saturated carbocycles. The van der Waals surface area contributed by atoms with Crippen molar-refractivity contribution in [3.8, 4) is 17.6 Å². The topological polar surface area (TPSA) is 164 Å². The number of thiophene rings is 1. The summed E-state index contributed by atoms with van der Waals surface area (Å²) < 4.78 is 6.31. The average molecular weight is 644 g/mol. The minimum Gasteiger partial charge on any atom is -0.389 e. The van der Waals surface area contributed by atoms with Gasteiger partial charge in [0, 0.05) is 41.8 Å². The van der Waals surface area contributed by atoms with Gasteiger partial charge in [-0.05, 0) is 104 Å². The highest BCUT2D eigenvalue weighted by atomic mass is 32.1. The number of likely N-dealkylation sites (N-methyl/N-ethyl adjacent to an activating group) is 1. The summed E-state index contributed by atoms with van der Waals surface area (Å²) >= 11 is 1.54. The lowest BCUT2D eigenvalue weighted by atomic mass is 9.63. The normalized spacial score (nSPS) is 27.1. The highest BCUT2D eigenvalue weighted by Crippen LogP contribution is 2.55. The van der Waals surface area contributed by atoms with Gasteiger partial charge in [0.2, 0.25) is 0 Å². The Hall–Kier alpha value is -3.53. The van der Waals surface area contributed by atoms with Gasteiger partial charge in [0.1, 0.15) is 22.7 Å². The van der Waals surface area contributed by atoms with Crippen molar-refractivity contribution in [3.05, 3.63) is 32.9 Å². The zero-order valence-electron chi connectivity index (χ0n) is 27.2. The van der Waals surface area contributed by atoms with E-state index in [1.807, 2.05) is 6.92 Å². The maximum absolute atomic E-state index is 11.2. The fourth-order valence-corrected chi connectivity index (χ4v) is 9.86. The molecule has 1 spiro atoms. The fraction of sp³-hybridized carbons (Fsp3) is 0.618. The molecule has 5 N–H and O–H groups in total. The summed E-state index contributed by atoms with van der Waals surface area (Å²) in [7, 11) is 2.16. The number of aromatic nitrogens is 3. The Morgan fingerprint density at radius 2 is 1.98 bits per heavy atom. The Labute approximate surface area is 274 Å². The van der Waals surface area contributed by atoms with Gasteiger partial charge in [-0.3, -0.25) is 0 Å². The number of nitrogens with zero attached hydrogens (tertiary/aromatic N) is 6. The van der Waals surface area contributed by atoms with Gasteiger partial charge in [0.25, 0.3) is 0 Å². The Balaban J connectivity index is 1.37. The van der Waals surface area contributed by atoms with Crippen LogP contribution in [0, 0.1) is 16.7 Å². The Bertz CT molecular complexity index is 1690. The average Bonchev–Trinajstić information content (AvgIpc) is 3.72. The number of aryl methyl sites for hydroxylation is 1. The van der Waals surface area contributed by atoms with Crippen molar-refractivity contribution in [1.29, 1.82) is 10.7 Å². The van der Waals surface area contributed by atoms with Crippen LogP contribution in [0.15, 0.2) is 4.52 Å². The van der Waals surface area contributed by atoms with Crippen LogP contribution in [0.25, 0.3) is 11.5 Å². The number of nitrogens with two attached hydrogens (primary N) is 1. The van der Waals surface area contributed by atoms with Gasteiger partial charge >= 0.3 is 0 Å². The predicted molar refractivity (Wildman–Crippen MR) is 181 cm³/mol. The van der Waals surface area contributed by atoms with E-state index in [1.54, 1.807) is 0 Å². The van der Waals surface area contributed by atoms with Crippen molar-refractivity contribution >= 4 is 34.2 Å². The van der Waals surface area contributed by atoms with Crippen LogP contribution in [0.5, 0.6) is 0 Å². The summed E-state index contributed by atoms with van der Waals surface area (Å²) in [4.78, 5) is 15.9. The number of hydrogen-bond donors (Lipinski definition) is 4. The Kier molecular flexibility index (Phi) is 8.06. The largest absolute Gasteiger partial charge is 0.389 e. The van der Waals surface area contributed by atoms with Gasteiger partial charge in [0.15, 0.2) is 17.3 Å². The molecule has 3 aromatic heterocycles. The maximum Gasteiger partial charge on any atom is 0.186 e. The number of nitrogens with one attached hydrogen (secondary N) is 2. The maximum atomic E-state index is 11.2. The number of β-amino-alcohol motifs (C(OH)–C–C–N with tert-alkyl or cyclic N) is 1. The second-order valence-corrected chi connectivity index (χ2v) is 15.3. The van der Waals surface area contributed by atoms with E-state index < -0.39 is 11.0 Å². The van der Waals surface area contributed by atoms with E-state index in [4.69, 9.17) is 25.6 Å². The molecule has 46 heavy (non-hydrogen) atoms. The first-order valence-electron chi connectivity index (χ1n) is 16.8. The van der Waals surface area contributed by atoms with Crippen molar-refractivity contribution in [3.63, 3.8) is 0 Å². The molecule has 0 aromatic carbocycles. The number of hydrogen-bond acceptors (Lipinski definition) is 12. The molecule has 2 saturated heterocycles. The minimum atomic E-state index is -0.868. The molecule has 0 amide bonds. The zero-order valence-corrected chi connectivity index (χ0v) is 28.0. The lowest BCUT2D eigenvalue weighted by Gasteiger charge is -2.39. The summed E-state index contributed by atoms with van der Waals surface area (Å²) in [6.45, 7) is 6.28. The molecule has 7 rings (SSSR count). The third-order valence-corrected chi connectivity index (χ3v) is 12.0.